The summed E-state index contributed by atoms with van der Waals surface area (Å²) in [6.45, 7) is 10.4. The summed E-state index contributed by atoms with van der Waals surface area (Å²) < 4.78 is 10.9. The lowest BCUT2D eigenvalue weighted by Gasteiger charge is -2.19. The van der Waals surface area contributed by atoms with Gasteiger partial charge in [0.1, 0.15) is 6.04 Å². The average Bonchev–Trinajstić information content (AvgIpc) is 2.59. The van der Waals surface area contributed by atoms with Crippen LogP contribution in [0.25, 0.3) is 0 Å². The Hall–Kier alpha value is -2.69. The predicted octanol–water partition coefficient (Wildman–Crippen LogP) is 4.46. The van der Waals surface area contributed by atoms with Crippen LogP contribution in [0.15, 0.2) is 30.3 Å². The smallest absolute Gasteiger partial charge is 0.246 e. The molecule has 2 N–H and O–H groups in total. The average molecular weight is 356 g/mol. The Bertz CT molecular complexity index is 764. The minimum atomic E-state index is -0.405. The fourth-order valence-electron chi connectivity index (χ4n) is 2.96. The highest BCUT2D eigenvalue weighted by atomic mass is 16.5. The molecule has 0 radical (unpaired) electrons. The van der Waals surface area contributed by atoms with Crippen molar-refractivity contribution in [3.05, 3.63) is 47.0 Å². The zero-order chi connectivity index (χ0) is 19.3. The molecule has 2 aromatic rings. The van der Waals surface area contributed by atoms with E-state index >= 15 is 0 Å². The third-order valence-electron chi connectivity index (χ3n) is 4.17. The second-order valence-electron chi connectivity index (χ2n) is 6.43. The number of ether oxygens (including phenoxy) is 2. The van der Waals surface area contributed by atoms with Crippen LogP contribution in [0.1, 0.15) is 30.5 Å². The topological polar surface area (TPSA) is 59.6 Å². The van der Waals surface area contributed by atoms with E-state index in [1.165, 1.54) is 5.56 Å². The van der Waals surface area contributed by atoms with E-state index < -0.39 is 6.04 Å². The molecular weight excluding hydrogens is 328 g/mol. The van der Waals surface area contributed by atoms with E-state index in [2.05, 4.69) is 29.7 Å². The minimum Gasteiger partial charge on any atom is -0.493 e. The van der Waals surface area contributed by atoms with Gasteiger partial charge in [0.15, 0.2) is 11.5 Å². The fraction of sp³-hybridized carbons (Fsp3) is 0.381. The molecule has 0 bridgehead atoms. The third-order valence-corrected chi connectivity index (χ3v) is 4.17. The summed E-state index contributed by atoms with van der Waals surface area (Å²) in [7, 11) is 1.60. The van der Waals surface area contributed by atoms with Crippen molar-refractivity contribution >= 4 is 17.3 Å². The van der Waals surface area contributed by atoms with Crippen molar-refractivity contribution in [3.8, 4) is 11.5 Å². The van der Waals surface area contributed by atoms with Crippen molar-refractivity contribution < 1.29 is 14.3 Å². The molecule has 2 rings (SSSR count). The lowest BCUT2D eigenvalue weighted by Crippen LogP contribution is -2.32. The lowest BCUT2D eigenvalue weighted by atomic mass is 10.0. The lowest BCUT2D eigenvalue weighted by molar-refractivity contribution is -0.116. The van der Waals surface area contributed by atoms with Crippen molar-refractivity contribution in [2.45, 2.75) is 40.7 Å². The Morgan fingerprint density at radius 3 is 2.31 bits per heavy atom. The maximum absolute atomic E-state index is 12.6. The van der Waals surface area contributed by atoms with E-state index in [-0.39, 0.29) is 5.91 Å². The van der Waals surface area contributed by atoms with E-state index in [1.54, 1.807) is 7.11 Å². The fourth-order valence-corrected chi connectivity index (χ4v) is 2.96. The van der Waals surface area contributed by atoms with Gasteiger partial charge >= 0.3 is 0 Å². The Morgan fingerprint density at radius 1 is 1.08 bits per heavy atom. The molecule has 0 aliphatic rings. The second kappa shape index (κ2) is 8.61. The summed E-state index contributed by atoms with van der Waals surface area (Å²) in [6, 6.07) is 9.27. The van der Waals surface area contributed by atoms with Crippen LogP contribution in [0.5, 0.6) is 11.5 Å². The van der Waals surface area contributed by atoms with E-state index in [4.69, 9.17) is 9.47 Å². The number of rotatable bonds is 7. The summed E-state index contributed by atoms with van der Waals surface area (Å²) >= 11 is 0. The maximum atomic E-state index is 12.6. The van der Waals surface area contributed by atoms with Gasteiger partial charge in [-0.15, -0.1) is 0 Å². The monoisotopic (exact) mass is 356 g/mol. The largest absolute Gasteiger partial charge is 0.493 e. The van der Waals surface area contributed by atoms with Gasteiger partial charge in [-0.25, -0.2) is 0 Å². The number of carbonyl (C=O) groups is 1. The normalized spacial score (nSPS) is 11.6. The number of aryl methyl sites for hydroxylation is 3. The first-order chi connectivity index (χ1) is 12.3. The molecule has 1 amide bonds. The van der Waals surface area contributed by atoms with Crippen LogP contribution in [0.2, 0.25) is 0 Å². The van der Waals surface area contributed by atoms with E-state index in [0.29, 0.717) is 18.1 Å². The van der Waals surface area contributed by atoms with Crippen LogP contribution < -0.4 is 20.1 Å². The molecule has 0 aromatic heterocycles. The van der Waals surface area contributed by atoms with Gasteiger partial charge in [0.25, 0.3) is 0 Å². The van der Waals surface area contributed by atoms with Crippen molar-refractivity contribution in [3.63, 3.8) is 0 Å². The number of carbonyl (C=O) groups excluding carboxylic acids is 1. The van der Waals surface area contributed by atoms with Crippen LogP contribution in [0, 0.1) is 20.8 Å². The zero-order valence-electron chi connectivity index (χ0n) is 16.4. The molecule has 0 heterocycles. The summed E-state index contributed by atoms with van der Waals surface area (Å²) in [6.07, 6.45) is 0. The molecule has 0 saturated heterocycles. The molecule has 26 heavy (non-hydrogen) atoms. The molecule has 0 aliphatic carbocycles. The Kier molecular flexibility index (Phi) is 6.50. The molecule has 0 fully saturated rings. The number of benzene rings is 2. The van der Waals surface area contributed by atoms with E-state index in [0.717, 1.165) is 22.5 Å². The summed E-state index contributed by atoms with van der Waals surface area (Å²) in [5, 5.41) is 6.24. The van der Waals surface area contributed by atoms with Crippen LogP contribution in [-0.2, 0) is 4.79 Å². The van der Waals surface area contributed by atoms with E-state index in [9.17, 15) is 4.79 Å². The molecule has 0 unspecified atom stereocenters. The van der Waals surface area contributed by atoms with Crippen LogP contribution in [-0.4, -0.2) is 25.7 Å². The SMILES string of the molecule is CCOc1ccc(N[C@@H](C)C(=O)Nc2c(C)cc(C)cc2C)cc1OC. The molecule has 2 aromatic carbocycles. The van der Waals surface area contributed by atoms with Gasteiger partial charge in [-0.05, 0) is 57.9 Å². The second-order valence-corrected chi connectivity index (χ2v) is 6.43. The number of amides is 1. The van der Waals surface area contributed by atoms with Crippen LogP contribution in [0.3, 0.4) is 0 Å². The van der Waals surface area contributed by atoms with Gasteiger partial charge in [-0.3, -0.25) is 4.79 Å². The maximum Gasteiger partial charge on any atom is 0.246 e. The molecule has 5 nitrogen and oxygen atoms in total. The first-order valence-electron chi connectivity index (χ1n) is 8.81. The number of methoxy groups -OCH3 is 1. The predicted molar refractivity (Wildman–Crippen MR) is 107 cm³/mol. The van der Waals surface area contributed by atoms with Gasteiger partial charge in [0, 0.05) is 17.4 Å². The Balaban J connectivity index is 2.10. The molecule has 0 spiro atoms. The van der Waals surface area contributed by atoms with Crippen LogP contribution in [0.4, 0.5) is 11.4 Å². The highest BCUT2D eigenvalue weighted by Crippen LogP contribution is 2.30. The number of anilines is 2. The van der Waals surface area contributed by atoms with Crippen molar-refractivity contribution in [1.82, 2.24) is 0 Å². The van der Waals surface area contributed by atoms with Gasteiger partial charge in [0.2, 0.25) is 5.91 Å². The summed E-state index contributed by atoms with van der Waals surface area (Å²) in [5.74, 6) is 1.23. The first-order valence-corrected chi connectivity index (χ1v) is 8.81. The molecule has 0 saturated carbocycles. The zero-order valence-corrected chi connectivity index (χ0v) is 16.4. The molecular formula is C21H28N2O3. The first kappa shape index (κ1) is 19.6. The molecule has 1 atom stereocenters. The quantitative estimate of drug-likeness (QED) is 0.769. The Morgan fingerprint density at radius 2 is 1.73 bits per heavy atom. The minimum absolute atomic E-state index is 0.0899. The number of hydrogen-bond acceptors (Lipinski definition) is 4. The van der Waals surface area contributed by atoms with Gasteiger partial charge in [0.05, 0.1) is 13.7 Å². The van der Waals surface area contributed by atoms with E-state index in [1.807, 2.05) is 45.9 Å². The number of hydrogen-bond donors (Lipinski definition) is 2. The highest BCUT2D eigenvalue weighted by Gasteiger charge is 2.16. The molecule has 0 aliphatic heterocycles. The highest BCUT2D eigenvalue weighted by molar-refractivity contribution is 5.97. The van der Waals surface area contributed by atoms with Gasteiger partial charge < -0.3 is 20.1 Å². The number of nitrogens with one attached hydrogen (secondary N) is 2. The Labute approximate surface area is 155 Å². The standard InChI is InChI=1S/C21H28N2O3/c1-7-26-18-9-8-17(12-19(18)25-6)22-16(5)21(24)23-20-14(3)10-13(2)11-15(20)4/h8-12,16,22H,7H2,1-6H3,(H,23,24)/t16-/m0/s1. The van der Waals surface area contributed by atoms with Gasteiger partial charge in [-0.1, -0.05) is 17.7 Å². The van der Waals surface area contributed by atoms with Crippen molar-refractivity contribution in [2.24, 2.45) is 0 Å². The molecule has 5 heteroatoms. The van der Waals surface area contributed by atoms with Crippen molar-refractivity contribution in [1.29, 1.82) is 0 Å². The van der Waals surface area contributed by atoms with Crippen LogP contribution >= 0.6 is 0 Å². The summed E-state index contributed by atoms with van der Waals surface area (Å²) in [4.78, 5) is 12.6. The summed E-state index contributed by atoms with van der Waals surface area (Å²) in [5.41, 5.74) is 4.98. The third kappa shape index (κ3) is 4.69. The van der Waals surface area contributed by atoms with Crippen molar-refractivity contribution in [2.75, 3.05) is 24.4 Å². The molecule has 140 valence electrons. The van der Waals surface area contributed by atoms with Gasteiger partial charge in [-0.2, -0.15) is 0 Å².